The third-order valence-corrected chi connectivity index (χ3v) is 3.02. The van der Waals surface area contributed by atoms with Crippen LogP contribution in [0.1, 0.15) is 5.56 Å². The quantitative estimate of drug-likeness (QED) is 0.684. The van der Waals surface area contributed by atoms with Crippen LogP contribution in [-0.4, -0.2) is 52.9 Å². The summed E-state index contributed by atoms with van der Waals surface area (Å²) in [6.45, 7) is 0.622. The first-order valence-corrected chi connectivity index (χ1v) is 5.97. The molecule has 0 saturated carbocycles. The molecule has 0 unspecified atom stereocenters. The number of hydrogen-bond acceptors (Lipinski definition) is 5. The van der Waals surface area contributed by atoms with E-state index in [-0.39, 0.29) is 25.5 Å². The Kier molecular flexibility index (Phi) is 4.12. The van der Waals surface area contributed by atoms with Crippen LogP contribution in [0.3, 0.4) is 0 Å². The van der Waals surface area contributed by atoms with Gasteiger partial charge in [0.25, 0.3) is 0 Å². The number of nitriles is 1. The van der Waals surface area contributed by atoms with Crippen LogP contribution in [0, 0.1) is 11.3 Å². The van der Waals surface area contributed by atoms with Crippen molar-refractivity contribution in [2.45, 2.75) is 12.2 Å². The molecule has 2 rings (SSSR count). The Balaban J connectivity index is 1.93. The fraction of sp³-hybridized carbons (Fsp3) is 0.385. The predicted molar refractivity (Wildman–Crippen MR) is 68.2 cm³/mol. The Labute approximate surface area is 110 Å². The van der Waals surface area contributed by atoms with Gasteiger partial charge in [0.2, 0.25) is 5.91 Å². The van der Waals surface area contributed by atoms with Gasteiger partial charge in [-0.1, -0.05) is 12.1 Å². The average Bonchev–Trinajstić information content (AvgIpc) is 2.68. The number of aliphatic hydroxyl groups excluding tert-OH is 2. The molecule has 1 aliphatic rings. The summed E-state index contributed by atoms with van der Waals surface area (Å²) in [5, 5.41) is 30.3. The molecule has 3 N–H and O–H groups in total. The van der Waals surface area contributed by atoms with Gasteiger partial charge in [-0.05, 0) is 12.1 Å². The van der Waals surface area contributed by atoms with Crippen molar-refractivity contribution >= 4 is 11.6 Å². The van der Waals surface area contributed by atoms with Crippen molar-refractivity contribution in [3.63, 3.8) is 0 Å². The van der Waals surface area contributed by atoms with E-state index in [0.717, 1.165) is 0 Å². The number of hydrogen-bond donors (Lipinski definition) is 3. The molecule has 1 saturated heterocycles. The van der Waals surface area contributed by atoms with Gasteiger partial charge in [-0.3, -0.25) is 9.69 Å². The summed E-state index contributed by atoms with van der Waals surface area (Å²) in [6.07, 6.45) is -1.61. The van der Waals surface area contributed by atoms with Crippen LogP contribution in [0.2, 0.25) is 0 Å². The van der Waals surface area contributed by atoms with Crippen molar-refractivity contribution in [1.29, 1.82) is 5.26 Å². The number of nitrogens with zero attached hydrogens (tertiary/aromatic N) is 2. The van der Waals surface area contributed by atoms with E-state index in [1.54, 1.807) is 29.2 Å². The van der Waals surface area contributed by atoms with E-state index in [1.807, 2.05) is 6.07 Å². The summed E-state index contributed by atoms with van der Waals surface area (Å²) in [6, 6.07) is 8.74. The van der Waals surface area contributed by atoms with Crippen molar-refractivity contribution in [3.05, 3.63) is 29.8 Å². The highest BCUT2D eigenvalue weighted by atomic mass is 16.3. The highest BCUT2D eigenvalue weighted by Crippen LogP contribution is 2.14. The van der Waals surface area contributed by atoms with E-state index in [2.05, 4.69) is 5.32 Å². The van der Waals surface area contributed by atoms with E-state index in [1.165, 1.54) is 0 Å². The first-order chi connectivity index (χ1) is 9.10. The van der Waals surface area contributed by atoms with Gasteiger partial charge in [-0.25, -0.2) is 0 Å². The smallest absolute Gasteiger partial charge is 0.238 e. The molecule has 1 aromatic carbocycles. The van der Waals surface area contributed by atoms with Crippen LogP contribution in [0.4, 0.5) is 5.69 Å². The maximum absolute atomic E-state index is 11.8. The lowest BCUT2D eigenvalue weighted by molar-refractivity contribution is -0.117. The SMILES string of the molecule is N#Cc1ccccc1NC(=O)CN1C[C@@H](O)[C@@H](O)C1. The van der Waals surface area contributed by atoms with Gasteiger partial charge in [0, 0.05) is 13.1 Å². The van der Waals surface area contributed by atoms with Gasteiger partial charge in [0.1, 0.15) is 6.07 Å². The summed E-state index contributed by atoms with van der Waals surface area (Å²) in [7, 11) is 0. The topological polar surface area (TPSA) is 96.6 Å². The Morgan fingerprint density at radius 2 is 2.00 bits per heavy atom. The molecule has 2 atom stereocenters. The highest BCUT2D eigenvalue weighted by molar-refractivity contribution is 5.93. The lowest BCUT2D eigenvalue weighted by Gasteiger charge is -2.14. The second-order valence-electron chi connectivity index (χ2n) is 4.53. The Hall–Kier alpha value is -1.94. The minimum Gasteiger partial charge on any atom is -0.389 e. The normalized spacial score (nSPS) is 23.0. The molecule has 19 heavy (non-hydrogen) atoms. The van der Waals surface area contributed by atoms with Gasteiger partial charge in [-0.2, -0.15) is 5.26 Å². The minimum absolute atomic E-state index is 0.0773. The number of aliphatic hydroxyl groups is 2. The summed E-state index contributed by atoms with van der Waals surface area (Å²) in [5.74, 6) is -0.274. The monoisotopic (exact) mass is 261 g/mol. The summed E-state index contributed by atoms with van der Waals surface area (Å²) >= 11 is 0. The number of amides is 1. The van der Waals surface area contributed by atoms with Crippen LogP contribution in [-0.2, 0) is 4.79 Å². The number of carbonyl (C=O) groups is 1. The maximum Gasteiger partial charge on any atom is 0.238 e. The van der Waals surface area contributed by atoms with Gasteiger partial charge in [0.15, 0.2) is 0 Å². The number of benzene rings is 1. The number of rotatable bonds is 3. The fourth-order valence-corrected chi connectivity index (χ4v) is 2.06. The standard InChI is InChI=1S/C13H15N3O3/c14-5-9-3-1-2-4-10(9)15-13(19)8-16-6-11(17)12(18)7-16/h1-4,11-12,17-18H,6-8H2,(H,15,19)/t11-,12+. The predicted octanol–water partition coefficient (Wildman–Crippen LogP) is -0.466. The maximum atomic E-state index is 11.8. The van der Waals surface area contributed by atoms with Crippen LogP contribution in [0.15, 0.2) is 24.3 Å². The van der Waals surface area contributed by atoms with Crippen LogP contribution in [0.25, 0.3) is 0 Å². The van der Waals surface area contributed by atoms with Crippen LogP contribution < -0.4 is 5.32 Å². The van der Waals surface area contributed by atoms with E-state index in [9.17, 15) is 15.0 Å². The van der Waals surface area contributed by atoms with E-state index < -0.39 is 12.2 Å². The molecule has 1 amide bonds. The molecule has 1 fully saturated rings. The molecule has 6 nitrogen and oxygen atoms in total. The van der Waals surface area contributed by atoms with E-state index in [0.29, 0.717) is 11.3 Å². The largest absolute Gasteiger partial charge is 0.389 e. The first kappa shape index (κ1) is 13.5. The number of anilines is 1. The van der Waals surface area contributed by atoms with Crippen molar-refractivity contribution < 1.29 is 15.0 Å². The third-order valence-electron chi connectivity index (χ3n) is 3.02. The third kappa shape index (κ3) is 3.29. The second-order valence-corrected chi connectivity index (χ2v) is 4.53. The van der Waals surface area contributed by atoms with Crippen LogP contribution in [0.5, 0.6) is 0 Å². The lowest BCUT2D eigenvalue weighted by Crippen LogP contribution is -2.32. The zero-order chi connectivity index (χ0) is 13.8. The number of carbonyl (C=O) groups excluding carboxylic acids is 1. The molecule has 0 bridgehead atoms. The Morgan fingerprint density at radius 3 is 2.63 bits per heavy atom. The van der Waals surface area contributed by atoms with E-state index in [4.69, 9.17) is 5.26 Å². The Bertz CT molecular complexity index is 502. The molecule has 0 radical (unpaired) electrons. The molecule has 1 heterocycles. The molecular weight excluding hydrogens is 246 g/mol. The fourth-order valence-electron chi connectivity index (χ4n) is 2.06. The molecular formula is C13H15N3O3. The zero-order valence-corrected chi connectivity index (χ0v) is 10.3. The second kappa shape index (κ2) is 5.80. The average molecular weight is 261 g/mol. The molecule has 1 aliphatic heterocycles. The number of para-hydroxylation sites is 1. The number of likely N-dealkylation sites (tertiary alicyclic amines) is 1. The van der Waals surface area contributed by atoms with Gasteiger partial charge in [0.05, 0.1) is 30.0 Å². The minimum atomic E-state index is -0.806. The molecule has 100 valence electrons. The van der Waals surface area contributed by atoms with Crippen molar-refractivity contribution in [1.82, 2.24) is 4.90 Å². The lowest BCUT2D eigenvalue weighted by atomic mass is 10.2. The molecule has 0 aromatic heterocycles. The van der Waals surface area contributed by atoms with Crippen molar-refractivity contribution in [2.75, 3.05) is 25.0 Å². The number of β-amino-alcohol motifs (C(OH)–C–C–N with tert-alkyl or cyclic N) is 2. The van der Waals surface area contributed by atoms with Crippen molar-refractivity contribution in [3.8, 4) is 6.07 Å². The van der Waals surface area contributed by atoms with Gasteiger partial charge < -0.3 is 15.5 Å². The van der Waals surface area contributed by atoms with E-state index >= 15 is 0 Å². The Morgan fingerprint density at radius 1 is 1.37 bits per heavy atom. The first-order valence-electron chi connectivity index (χ1n) is 5.97. The zero-order valence-electron chi connectivity index (χ0n) is 10.3. The summed E-state index contributed by atoms with van der Waals surface area (Å²) in [5.41, 5.74) is 0.868. The van der Waals surface area contributed by atoms with Crippen molar-refractivity contribution in [2.24, 2.45) is 0 Å². The summed E-state index contributed by atoms with van der Waals surface area (Å²) < 4.78 is 0. The number of nitrogens with one attached hydrogen (secondary N) is 1. The molecule has 1 aromatic rings. The summed E-state index contributed by atoms with van der Waals surface area (Å²) in [4.78, 5) is 13.5. The van der Waals surface area contributed by atoms with Gasteiger partial charge in [-0.15, -0.1) is 0 Å². The van der Waals surface area contributed by atoms with Crippen LogP contribution >= 0.6 is 0 Å². The molecule has 0 aliphatic carbocycles. The molecule has 6 heteroatoms. The highest BCUT2D eigenvalue weighted by Gasteiger charge is 2.30. The van der Waals surface area contributed by atoms with Gasteiger partial charge >= 0.3 is 0 Å². The molecule has 0 spiro atoms.